The van der Waals surface area contributed by atoms with Crippen molar-refractivity contribution in [1.82, 2.24) is 30.1 Å². The molecule has 0 atom stereocenters. The van der Waals surface area contributed by atoms with Crippen LogP contribution in [0, 0.1) is 11.7 Å². The molecule has 1 saturated heterocycles. The molecule has 38 heavy (non-hydrogen) atoms. The number of nitrogens with one attached hydrogen (secondary N) is 3. The number of piperidine rings is 1. The molecular formula is C28H27FN8O. The highest BCUT2D eigenvalue weighted by Gasteiger charge is 2.25. The molecule has 5 aromatic rings. The van der Waals surface area contributed by atoms with Crippen molar-refractivity contribution in [2.45, 2.75) is 38.5 Å². The standard InChI is InChI=1S/C28H27FN8O/c29-21-13-22-20(12-19(21)17-11-18(15-30-14-17)32-28(38)16-5-4-6-16)24(36-35-22)27-33-25-23(7-8-31-26(25)34-27)37-9-2-1-3-10-37/h7-8,11-16H,1-6,9-10H2,(H,32,38)(H,35,36)(H,31,33,34). The molecule has 1 aliphatic carbocycles. The number of anilines is 2. The lowest BCUT2D eigenvalue weighted by molar-refractivity contribution is -0.122. The molecule has 0 unspecified atom stereocenters. The number of aromatic nitrogens is 6. The molecule has 3 N–H and O–H groups in total. The van der Waals surface area contributed by atoms with Gasteiger partial charge in [-0.3, -0.25) is 14.9 Å². The zero-order valence-electron chi connectivity index (χ0n) is 20.8. The van der Waals surface area contributed by atoms with Crippen LogP contribution >= 0.6 is 0 Å². The number of hydrogen-bond acceptors (Lipinski definition) is 6. The second-order valence-corrected chi connectivity index (χ2v) is 10.2. The van der Waals surface area contributed by atoms with Gasteiger partial charge < -0.3 is 15.2 Å². The van der Waals surface area contributed by atoms with Gasteiger partial charge in [0.25, 0.3) is 0 Å². The van der Waals surface area contributed by atoms with Gasteiger partial charge in [-0.15, -0.1) is 0 Å². The summed E-state index contributed by atoms with van der Waals surface area (Å²) < 4.78 is 15.2. The molecule has 7 rings (SSSR count). The molecule has 2 fully saturated rings. The summed E-state index contributed by atoms with van der Waals surface area (Å²) in [7, 11) is 0. The maximum atomic E-state index is 15.2. The van der Waals surface area contributed by atoms with Gasteiger partial charge in [0.1, 0.15) is 17.0 Å². The van der Waals surface area contributed by atoms with Crippen LogP contribution in [0.5, 0.6) is 0 Å². The Hall–Kier alpha value is -4.34. The first-order valence-electron chi connectivity index (χ1n) is 13.2. The first kappa shape index (κ1) is 22.8. The summed E-state index contributed by atoms with van der Waals surface area (Å²) in [6, 6.07) is 6.96. The zero-order valence-corrected chi connectivity index (χ0v) is 20.8. The molecule has 192 valence electrons. The number of hydrogen-bond donors (Lipinski definition) is 3. The molecular weight excluding hydrogens is 483 g/mol. The number of benzene rings is 1. The maximum Gasteiger partial charge on any atom is 0.227 e. The van der Waals surface area contributed by atoms with Gasteiger partial charge >= 0.3 is 0 Å². The maximum absolute atomic E-state index is 15.2. The lowest BCUT2D eigenvalue weighted by atomic mass is 9.85. The Bertz CT molecular complexity index is 1660. The molecule has 9 nitrogen and oxygen atoms in total. The average molecular weight is 511 g/mol. The van der Waals surface area contributed by atoms with Crippen LogP contribution in [0.1, 0.15) is 38.5 Å². The summed E-state index contributed by atoms with van der Waals surface area (Å²) in [6.45, 7) is 2.02. The van der Waals surface area contributed by atoms with Gasteiger partial charge in [0, 0.05) is 54.0 Å². The minimum atomic E-state index is -0.407. The van der Waals surface area contributed by atoms with Crippen molar-refractivity contribution in [3.05, 3.63) is 48.7 Å². The molecule has 1 saturated carbocycles. The van der Waals surface area contributed by atoms with E-state index in [-0.39, 0.29) is 11.8 Å². The average Bonchev–Trinajstić information content (AvgIpc) is 3.51. The largest absolute Gasteiger partial charge is 0.370 e. The van der Waals surface area contributed by atoms with Crippen molar-refractivity contribution < 1.29 is 9.18 Å². The number of rotatable bonds is 5. The second kappa shape index (κ2) is 9.20. The smallest absolute Gasteiger partial charge is 0.227 e. The van der Waals surface area contributed by atoms with Crippen LogP contribution in [0.3, 0.4) is 0 Å². The lowest BCUT2D eigenvalue weighted by Gasteiger charge is -2.28. The normalized spacial score (nSPS) is 16.2. The minimum Gasteiger partial charge on any atom is -0.370 e. The van der Waals surface area contributed by atoms with E-state index in [2.05, 4.69) is 35.4 Å². The molecule has 0 spiro atoms. The summed E-state index contributed by atoms with van der Waals surface area (Å²) >= 11 is 0. The van der Waals surface area contributed by atoms with E-state index in [1.807, 2.05) is 6.07 Å². The topological polar surface area (TPSA) is 115 Å². The van der Waals surface area contributed by atoms with Crippen LogP contribution in [-0.2, 0) is 4.79 Å². The van der Waals surface area contributed by atoms with Crippen molar-refractivity contribution in [3.8, 4) is 22.6 Å². The van der Waals surface area contributed by atoms with Gasteiger partial charge in [-0.05, 0) is 50.3 Å². The van der Waals surface area contributed by atoms with Crippen LogP contribution in [0.4, 0.5) is 15.8 Å². The number of aromatic amines is 2. The number of halogens is 1. The Morgan fingerprint density at radius 2 is 1.95 bits per heavy atom. The van der Waals surface area contributed by atoms with Crippen LogP contribution in [0.2, 0.25) is 0 Å². The Labute approximate surface area is 217 Å². The molecule has 2 aliphatic rings. The van der Waals surface area contributed by atoms with E-state index in [1.54, 1.807) is 30.7 Å². The first-order valence-corrected chi connectivity index (χ1v) is 13.2. The summed E-state index contributed by atoms with van der Waals surface area (Å²) in [5, 5.41) is 11.1. The molecule has 1 aliphatic heterocycles. The summed E-state index contributed by atoms with van der Waals surface area (Å²) in [5.74, 6) is 0.204. The van der Waals surface area contributed by atoms with Crippen LogP contribution in [0.15, 0.2) is 42.9 Å². The fourth-order valence-electron chi connectivity index (χ4n) is 5.42. The van der Waals surface area contributed by atoms with Crippen LogP contribution < -0.4 is 10.2 Å². The van der Waals surface area contributed by atoms with E-state index in [9.17, 15) is 4.79 Å². The third kappa shape index (κ3) is 3.96. The fraction of sp³-hybridized carbons (Fsp3) is 0.321. The number of nitrogens with zero attached hydrogens (tertiary/aromatic N) is 5. The highest BCUT2D eigenvalue weighted by molar-refractivity contribution is 5.97. The third-order valence-electron chi connectivity index (χ3n) is 7.73. The van der Waals surface area contributed by atoms with Crippen molar-refractivity contribution >= 4 is 39.3 Å². The number of imidazole rings is 1. The van der Waals surface area contributed by atoms with Crippen LogP contribution in [-0.4, -0.2) is 49.1 Å². The summed E-state index contributed by atoms with van der Waals surface area (Å²) in [6.07, 6.45) is 11.5. The number of amides is 1. The monoisotopic (exact) mass is 510 g/mol. The Morgan fingerprint density at radius 1 is 1.08 bits per heavy atom. The van der Waals surface area contributed by atoms with E-state index in [0.717, 1.165) is 48.9 Å². The Morgan fingerprint density at radius 3 is 2.76 bits per heavy atom. The Balaban J connectivity index is 1.26. The van der Waals surface area contributed by atoms with Gasteiger partial charge in [0.2, 0.25) is 5.91 Å². The van der Waals surface area contributed by atoms with Gasteiger partial charge in [-0.1, -0.05) is 6.42 Å². The van der Waals surface area contributed by atoms with E-state index >= 15 is 4.39 Å². The molecule has 1 amide bonds. The number of carbonyl (C=O) groups excluding carboxylic acids is 1. The summed E-state index contributed by atoms with van der Waals surface area (Å²) in [4.78, 5) is 31.7. The number of carbonyl (C=O) groups is 1. The predicted molar refractivity (Wildman–Crippen MR) is 144 cm³/mol. The summed E-state index contributed by atoms with van der Waals surface area (Å²) in [5.41, 5.74) is 5.24. The highest BCUT2D eigenvalue weighted by atomic mass is 19.1. The third-order valence-corrected chi connectivity index (χ3v) is 7.73. The SMILES string of the molecule is O=C(Nc1cncc(-c2cc3c(-c4nc5nccc(N6CCCCC6)c5[nH]4)n[nH]c3cc2F)c1)C1CCC1. The van der Waals surface area contributed by atoms with E-state index in [4.69, 9.17) is 4.98 Å². The zero-order chi connectivity index (χ0) is 25.6. The van der Waals surface area contributed by atoms with Gasteiger partial charge in [0.05, 0.1) is 23.1 Å². The molecule has 10 heteroatoms. The molecule has 0 bridgehead atoms. The molecule has 0 radical (unpaired) electrons. The van der Waals surface area contributed by atoms with Gasteiger partial charge in [0.15, 0.2) is 11.5 Å². The van der Waals surface area contributed by atoms with Gasteiger partial charge in [-0.2, -0.15) is 5.10 Å². The van der Waals surface area contributed by atoms with Crippen molar-refractivity contribution in [1.29, 1.82) is 0 Å². The fourth-order valence-corrected chi connectivity index (χ4v) is 5.42. The second-order valence-electron chi connectivity index (χ2n) is 10.2. The number of fused-ring (bicyclic) bond motifs is 2. The van der Waals surface area contributed by atoms with Crippen molar-refractivity contribution in [3.63, 3.8) is 0 Å². The highest BCUT2D eigenvalue weighted by Crippen LogP contribution is 2.35. The van der Waals surface area contributed by atoms with Gasteiger partial charge in [-0.25, -0.2) is 14.4 Å². The lowest BCUT2D eigenvalue weighted by Crippen LogP contribution is -2.29. The predicted octanol–water partition coefficient (Wildman–Crippen LogP) is 5.43. The number of H-pyrrole nitrogens is 2. The molecule has 4 aromatic heterocycles. The van der Waals surface area contributed by atoms with Crippen LogP contribution in [0.25, 0.3) is 44.7 Å². The Kier molecular flexibility index (Phi) is 5.52. The van der Waals surface area contributed by atoms with E-state index in [0.29, 0.717) is 39.5 Å². The molecule has 5 heterocycles. The molecule has 1 aromatic carbocycles. The minimum absolute atomic E-state index is 0.00865. The van der Waals surface area contributed by atoms with E-state index in [1.165, 1.54) is 25.3 Å². The van der Waals surface area contributed by atoms with E-state index < -0.39 is 5.82 Å². The first-order chi connectivity index (χ1) is 18.6. The van der Waals surface area contributed by atoms with Crippen molar-refractivity contribution in [2.75, 3.05) is 23.3 Å². The quantitative estimate of drug-likeness (QED) is 0.290. The van der Waals surface area contributed by atoms with Crippen molar-refractivity contribution in [2.24, 2.45) is 5.92 Å². The number of pyridine rings is 2.